The zero-order chi connectivity index (χ0) is 22.5. The molecule has 1 aliphatic heterocycles. The summed E-state index contributed by atoms with van der Waals surface area (Å²) >= 11 is 0. The van der Waals surface area contributed by atoms with Gasteiger partial charge in [0.05, 0.1) is 5.92 Å². The van der Waals surface area contributed by atoms with Crippen molar-refractivity contribution in [3.63, 3.8) is 0 Å². The Morgan fingerprint density at radius 3 is 2.23 bits per heavy atom. The SMILES string of the molecule is CC(C)c1ccccc1NC(=O)[C@@H](C)OC(=O)C1CCN(C(=O)OC(C)(C)C)CC1. The molecule has 1 heterocycles. The van der Waals surface area contributed by atoms with E-state index >= 15 is 0 Å². The zero-order valence-electron chi connectivity index (χ0n) is 18.9. The molecule has 0 radical (unpaired) electrons. The fraction of sp³-hybridized carbons (Fsp3) is 0.609. The average molecular weight is 419 g/mol. The van der Waals surface area contributed by atoms with Crippen molar-refractivity contribution in [1.82, 2.24) is 4.90 Å². The number of benzene rings is 1. The van der Waals surface area contributed by atoms with E-state index in [1.54, 1.807) is 11.8 Å². The second-order valence-electron chi connectivity index (χ2n) is 9.05. The van der Waals surface area contributed by atoms with Crippen molar-refractivity contribution >= 4 is 23.7 Å². The number of ether oxygens (including phenoxy) is 2. The Balaban J connectivity index is 1.85. The van der Waals surface area contributed by atoms with Crippen LogP contribution in [0.15, 0.2) is 24.3 Å². The summed E-state index contributed by atoms with van der Waals surface area (Å²) in [6.07, 6.45) is -0.293. The molecule has 7 nitrogen and oxygen atoms in total. The number of carbonyl (C=O) groups is 3. The third-order valence-corrected chi connectivity index (χ3v) is 4.98. The van der Waals surface area contributed by atoms with E-state index in [4.69, 9.17) is 9.47 Å². The fourth-order valence-electron chi connectivity index (χ4n) is 3.30. The third kappa shape index (κ3) is 6.75. The first kappa shape index (κ1) is 23.7. The van der Waals surface area contributed by atoms with Crippen LogP contribution >= 0.6 is 0 Å². The monoisotopic (exact) mass is 418 g/mol. The minimum Gasteiger partial charge on any atom is -0.452 e. The number of hydrogen-bond acceptors (Lipinski definition) is 5. The second-order valence-corrected chi connectivity index (χ2v) is 9.05. The standard InChI is InChI=1S/C23H34N2O5/c1-15(2)18-9-7-8-10-19(18)24-20(26)16(3)29-21(27)17-11-13-25(14-12-17)22(28)30-23(4,5)6/h7-10,15-17H,11-14H2,1-6H3,(H,24,26)/t16-/m1/s1. The highest BCUT2D eigenvalue weighted by Crippen LogP contribution is 2.25. The molecule has 0 spiro atoms. The van der Waals surface area contributed by atoms with Gasteiger partial charge in [0.15, 0.2) is 6.10 Å². The van der Waals surface area contributed by atoms with E-state index in [1.165, 1.54) is 0 Å². The minimum absolute atomic E-state index is 0.259. The van der Waals surface area contributed by atoms with Gasteiger partial charge in [0, 0.05) is 18.8 Å². The van der Waals surface area contributed by atoms with Gasteiger partial charge in [-0.05, 0) is 58.1 Å². The summed E-state index contributed by atoms with van der Waals surface area (Å²) in [5, 5.41) is 2.86. The molecule has 0 aromatic heterocycles. The van der Waals surface area contributed by atoms with Gasteiger partial charge >= 0.3 is 12.1 Å². The van der Waals surface area contributed by atoms with Crippen LogP contribution in [0.2, 0.25) is 0 Å². The molecule has 0 bridgehead atoms. The van der Waals surface area contributed by atoms with Crippen molar-refractivity contribution in [3.8, 4) is 0 Å². The van der Waals surface area contributed by atoms with Crippen LogP contribution in [0.5, 0.6) is 0 Å². The van der Waals surface area contributed by atoms with E-state index in [0.29, 0.717) is 25.9 Å². The highest BCUT2D eigenvalue weighted by Gasteiger charge is 2.32. The maximum Gasteiger partial charge on any atom is 0.410 e. The van der Waals surface area contributed by atoms with Gasteiger partial charge < -0.3 is 19.7 Å². The number of carbonyl (C=O) groups excluding carboxylic acids is 3. The molecule has 1 saturated heterocycles. The molecule has 30 heavy (non-hydrogen) atoms. The molecule has 2 amide bonds. The topological polar surface area (TPSA) is 84.9 Å². The van der Waals surface area contributed by atoms with E-state index in [0.717, 1.165) is 11.3 Å². The number of rotatable bonds is 5. The van der Waals surface area contributed by atoms with Crippen molar-refractivity contribution < 1.29 is 23.9 Å². The Bertz CT molecular complexity index is 761. The van der Waals surface area contributed by atoms with Crippen LogP contribution in [0, 0.1) is 5.92 Å². The molecule has 1 aliphatic rings. The molecule has 1 aromatic carbocycles. The number of piperidine rings is 1. The quantitative estimate of drug-likeness (QED) is 0.720. The van der Waals surface area contributed by atoms with Gasteiger partial charge in [0.2, 0.25) is 0 Å². The Morgan fingerprint density at radius 1 is 1.07 bits per heavy atom. The predicted octanol–water partition coefficient (Wildman–Crippen LogP) is 4.33. The Morgan fingerprint density at radius 2 is 1.67 bits per heavy atom. The summed E-state index contributed by atoms with van der Waals surface area (Å²) in [4.78, 5) is 38.8. The van der Waals surface area contributed by atoms with Crippen molar-refractivity contribution in [2.45, 2.75) is 72.0 Å². The first-order chi connectivity index (χ1) is 14.0. The second kappa shape index (κ2) is 9.96. The number of esters is 1. The minimum atomic E-state index is -0.901. The summed E-state index contributed by atoms with van der Waals surface area (Å²) in [6, 6.07) is 7.60. The van der Waals surface area contributed by atoms with Crippen LogP contribution in [0.3, 0.4) is 0 Å². The molecule has 1 aromatic rings. The highest BCUT2D eigenvalue weighted by atomic mass is 16.6. The largest absolute Gasteiger partial charge is 0.452 e. The molecular formula is C23H34N2O5. The number of nitrogens with one attached hydrogen (secondary N) is 1. The molecule has 7 heteroatoms. The van der Waals surface area contributed by atoms with E-state index in [2.05, 4.69) is 19.2 Å². The summed E-state index contributed by atoms with van der Waals surface area (Å²) in [7, 11) is 0. The van der Waals surface area contributed by atoms with Crippen molar-refractivity contribution in [3.05, 3.63) is 29.8 Å². The predicted molar refractivity (Wildman–Crippen MR) is 115 cm³/mol. The summed E-state index contributed by atoms with van der Waals surface area (Å²) in [5.41, 5.74) is 1.20. The van der Waals surface area contributed by atoms with Gasteiger partial charge in [-0.25, -0.2) is 4.79 Å². The first-order valence-electron chi connectivity index (χ1n) is 10.6. The fourth-order valence-corrected chi connectivity index (χ4v) is 3.30. The van der Waals surface area contributed by atoms with Crippen LogP contribution < -0.4 is 5.32 Å². The van der Waals surface area contributed by atoms with Gasteiger partial charge in [-0.1, -0.05) is 32.0 Å². The molecule has 2 rings (SSSR count). The zero-order valence-corrected chi connectivity index (χ0v) is 18.9. The van der Waals surface area contributed by atoms with E-state index in [1.807, 2.05) is 45.0 Å². The van der Waals surface area contributed by atoms with E-state index in [-0.39, 0.29) is 23.8 Å². The van der Waals surface area contributed by atoms with Crippen LogP contribution in [0.25, 0.3) is 0 Å². The smallest absolute Gasteiger partial charge is 0.410 e. The lowest BCUT2D eigenvalue weighted by Crippen LogP contribution is -2.43. The molecule has 0 saturated carbocycles. The van der Waals surface area contributed by atoms with Crippen molar-refractivity contribution in [1.29, 1.82) is 0 Å². The van der Waals surface area contributed by atoms with Crippen LogP contribution in [-0.2, 0) is 19.1 Å². The number of para-hydroxylation sites is 1. The molecule has 166 valence electrons. The number of likely N-dealkylation sites (tertiary alicyclic amines) is 1. The van der Waals surface area contributed by atoms with Gasteiger partial charge in [-0.15, -0.1) is 0 Å². The summed E-state index contributed by atoms with van der Waals surface area (Å²) in [5.74, 6) is -0.835. The highest BCUT2D eigenvalue weighted by molar-refractivity contribution is 5.95. The lowest BCUT2D eigenvalue weighted by Gasteiger charge is -2.32. The lowest BCUT2D eigenvalue weighted by molar-refractivity contribution is -0.158. The summed E-state index contributed by atoms with van der Waals surface area (Å²) < 4.78 is 10.8. The Kier molecular flexibility index (Phi) is 7.87. The van der Waals surface area contributed by atoms with Crippen molar-refractivity contribution in [2.75, 3.05) is 18.4 Å². The normalized spacial score (nSPS) is 16.2. The maximum absolute atomic E-state index is 12.5. The molecule has 0 unspecified atom stereocenters. The average Bonchev–Trinajstić information content (AvgIpc) is 2.66. The first-order valence-corrected chi connectivity index (χ1v) is 10.6. The summed E-state index contributed by atoms with van der Waals surface area (Å²) in [6.45, 7) is 12.0. The third-order valence-electron chi connectivity index (χ3n) is 4.98. The number of hydrogen-bond donors (Lipinski definition) is 1. The Labute approximate surface area is 179 Å². The molecule has 1 atom stereocenters. The van der Waals surface area contributed by atoms with Crippen LogP contribution in [-0.4, -0.2) is 47.7 Å². The van der Waals surface area contributed by atoms with Crippen LogP contribution in [0.1, 0.15) is 65.9 Å². The number of anilines is 1. The molecule has 1 N–H and O–H groups in total. The molecule has 0 aliphatic carbocycles. The van der Waals surface area contributed by atoms with Crippen LogP contribution in [0.4, 0.5) is 10.5 Å². The Hall–Kier alpha value is -2.57. The number of amides is 2. The van der Waals surface area contributed by atoms with E-state index < -0.39 is 17.7 Å². The maximum atomic E-state index is 12.5. The van der Waals surface area contributed by atoms with E-state index in [9.17, 15) is 14.4 Å². The lowest BCUT2D eigenvalue weighted by atomic mass is 9.97. The number of nitrogens with zero attached hydrogens (tertiary/aromatic N) is 1. The molecular weight excluding hydrogens is 384 g/mol. The van der Waals surface area contributed by atoms with Gasteiger partial charge in [0.1, 0.15) is 5.60 Å². The van der Waals surface area contributed by atoms with Crippen molar-refractivity contribution in [2.24, 2.45) is 5.92 Å². The van der Waals surface area contributed by atoms with Gasteiger partial charge in [0.25, 0.3) is 5.91 Å². The van der Waals surface area contributed by atoms with Gasteiger partial charge in [-0.3, -0.25) is 9.59 Å². The molecule has 1 fully saturated rings. The van der Waals surface area contributed by atoms with Gasteiger partial charge in [-0.2, -0.15) is 0 Å².